The molecule has 9 nitrogen and oxygen atoms in total. The van der Waals surface area contributed by atoms with Crippen LogP contribution in [-0.4, -0.2) is 62.5 Å². The molecule has 0 saturated carbocycles. The van der Waals surface area contributed by atoms with Gasteiger partial charge in [0, 0.05) is 5.69 Å². The van der Waals surface area contributed by atoms with Crippen LogP contribution in [0.2, 0.25) is 0 Å². The molecular formula is C24H30N4O5. The topological polar surface area (TPSA) is 109 Å². The Balaban J connectivity index is 1.48. The summed E-state index contributed by atoms with van der Waals surface area (Å²) in [6, 6.07) is 12.1. The van der Waals surface area contributed by atoms with Gasteiger partial charge in [0.2, 0.25) is 17.7 Å². The second-order valence-corrected chi connectivity index (χ2v) is 7.87. The number of benzene rings is 2. The second-order valence-electron chi connectivity index (χ2n) is 7.87. The molecule has 1 fully saturated rings. The Hall–Kier alpha value is -3.59. The Labute approximate surface area is 193 Å². The summed E-state index contributed by atoms with van der Waals surface area (Å²) in [5, 5.41) is 8.26. The quantitative estimate of drug-likeness (QED) is 0.536. The molecule has 0 spiro atoms. The van der Waals surface area contributed by atoms with Gasteiger partial charge < -0.3 is 25.4 Å². The number of hydrogen-bond donors (Lipinski definition) is 3. The summed E-state index contributed by atoms with van der Waals surface area (Å²) in [6.07, 6.45) is 1.49. The van der Waals surface area contributed by atoms with Crippen LogP contribution in [0.15, 0.2) is 42.5 Å². The van der Waals surface area contributed by atoms with Crippen molar-refractivity contribution in [1.29, 1.82) is 0 Å². The van der Waals surface area contributed by atoms with Gasteiger partial charge in [0.25, 0.3) is 0 Å². The highest BCUT2D eigenvalue weighted by Crippen LogP contribution is 2.25. The molecule has 3 N–H and O–H groups in total. The first kappa shape index (κ1) is 24.1. The fraction of sp³-hybridized carbons (Fsp3) is 0.375. The molecule has 33 heavy (non-hydrogen) atoms. The summed E-state index contributed by atoms with van der Waals surface area (Å²) in [5.74, 6) is 0.419. The van der Waals surface area contributed by atoms with Crippen molar-refractivity contribution < 1.29 is 23.9 Å². The second kappa shape index (κ2) is 11.3. The maximum Gasteiger partial charge on any atom is 0.243 e. The Bertz CT molecular complexity index is 993. The Kier molecular flexibility index (Phi) is 8.26. The Morgan fingerprint density at radius 3 is 2.45 bits per heavy atom. The minimum Gasteiger partial charge on any atom is -0.497 e. The number of aryl methyl sites for hydroxylation is 1. The number of carbonyl (C=O) groups is 3. The van der Waals surface area contributed by atoms with E-state index in [2.05, 4.69) is 16.0 Å². The van der Waals surface area contributed by atoms with E-state index in [4.69, 9.17) is 9.47 Å². The Morgan fingerprint density at radius 1 is 1.00 bits per heavy atom. The van der Waals surface area contributed by atoms with Gasteiger partial charge in [-0.25, -0.2) is 0 Å². The van der Waals surface area contributed by atoms with Gasteiger partial charge in [-0.1, -0.05) is 6.07 Å². The fourth-order valence-corrected chi connectivity index (χ4v) is 3.75. The maximum atomic E-state index is 12.7. The number of nitrogens with zero attached hydrogens (tertiary/aromatic N) is 1. The average molecular weight is 455 g/mol. The molecule has 1 aliphatic rings. The lowest BCUT2D eigenvalue weighted by molar-refractivity contribution is -0.126. The standard InChI is InChI=1S/C24H30N4O5/c1-16-6-11-21(33-3)19(13-16)27-22(29)14-25-23(30)15-28-12-4-5-20(28)24(31)26-17-7-9-18(32-2)10-8-17/h6-11,13,20H,4-5,12,14-15H2,1-3H3,(H,25,30)(H,26,31)(H,27,29). The van der Waals surface area contributed by atoms with E-state index in [0.29, 0.717) is 35.8 Å². The van der Waals surface area contributed by atoms with Crippen molar-refractivity contribution in [2.75, 3.05) is 44.5 Å². The highest BCUT2D eigenvalue weighted by Gasteiger charge is 2.32. The van der Waals surface area contributed by atoms with Gasteiger partial charge in [-0.3, -0.25) is 19.3 Å². The number of ether oxygens (including phenoxy) is 2. The minimum absolute atomic E-state index is 0.0434. The van der Waals surface area contributed by atoms with Gasteiger partial charge in [-0.15, -0.1) is 0 Å². The van der Waals surface area contributed by atoms with Gasteiger partial charge in [0.15, 0.2) is 0 Å². The van der Waals surface area contributed by atoms with E-state index in [9.17, 15) is 14.4 Å². The van der Waals surface area contributed by atoms with E-state index in [1.165, 1.54) is 7.11 Å². The SMILES string of the molecule is COc1ccc(NC(=O)C2CCCN2CC(=O)NCC(=O)Nc2cc(C)ccc2OC)cc1. The van der Waals surface area contributed by atoms with Crippen LogP contribution in [0.4, 0.5) is 11.4 Å². The van der Waals surface area contributed by atoms with Gasteiger partial charge in [0.05, 0.1) is 39.0 Å². The van der Waals surface area contributed by atoms with Gasteiger partial charge in [0.1, 0.15) is 11.5 Å². The zero-order valence-corrected chi connectivity index (χ0v) is 19.1. The van der Waals surface area contributed by atoms with E-state index in [0.717, 1.165) is 12.0 Å². The van der Waals surface area contributed by atoms with Crippen molar-refractivity contribution in [1.82, 2.24) is 10.2 Å². The molecule has 1 heterocycles. The van der Waals surface area contributed by atoms with Crippen molar-refractivity contribution >= 4 is 29.1 Å². The number of nitrogens with one attached hydrogen (secondary N) is 3. The number of carbonyl (C=O) groups excluding carboxylic acids is 3. The van der Waals surface area contributed by atoms with Crippen LogP contribution >= 0.6 is 0 Å². The molecule has 1 aliphatic heterocycles. The zero-order valence-electron chi connectivity index (χ0n) is 19.1. The van der Waals surface area contributed by atoms with E-state index < -0.39 is 6.04 Å². The molecule has 176 valence electrons. The van der Waals surface area contributed by atoms with E-state index in [1.807, 2.05) is 17.9 Å². The van der Waals surface area contributed by atoms with Crippen molar-refractivity contribution in [3.8, 4) is 11.5 Å². The highest BCUT2D eigenvalue weighted by molar-refractivity contribution is 5.97. The van der Waals surface area contributed by atoms with Crippen molar-refractivity contribution in [3.63, 3.8) is 0 Å². The predicted octanol–water partition coefficient (Wildman–Crippen LogP) is 2.17. The number of likely N-dealkylation sites (tertiary alicyclic amines) is 1. The molecule has 0 aromatic heterocycles. The van der Waals surface area contributed by atoms with E-state index in [1.54, 1.807) is 43.5 Å². The lowest BCUT2D eigenvalue weighted by Gasteiger charge is -2.23. The van der Waals surface area contributed by atoms with Crippen LogP contribution in [0.1, 0.15) is 18.4 Å². The van der Waals surface area contributed by atoms with E-state index >= 15 is 0 Å². The summed E-state index contributed by atoms with van der Waals surface area (Å²) in [5.41, 5.74) is 2.19. The number of methoxy groups -OCH3 is 2. The summed E-state index contributed by atoms with van der Waals surface area (Å²) in [7, 11) is 3.11. The summed E-state index contributed by atoms with van der Waals surface area (Å²) < 4.78 is 10.4. The van der Waals surface area contributed by atoms with Crippen LogP contribution in [0.25, 0.3) is 0 Å². The molecule has 1 atom stereocenters. The number of hydrogen-bond acceptors (Lipinski definition) is 6. The maximum absolute atomic E-state index is 12.7. The summed E-state index contributed by atoms with van der Waals surface area (Å²) >= 11 is 0. The molecule has 0 bridgehead atoms. The third-order valence-electron chi connectivity index (χ3n) is 5.45. The third-order valence-corrected chi connectivity index (χ3v) is 5.45. The largest absolute Gasteiger partial charge is 0.497 e. The monoisotopic (exact) mass is 454 g/mol. The molecule has 3 rings (SSSR count). The van der Waals surface area contributed by atoms with Gasteiger partial charge in [-0.2, -0.15) is 0 Å². The van der Waals surface area contributed by atoms with Crippen molar-refractivity contribution in [2.24, 2.45) is 0 Å². The molecule has 1 unspecified atom stereocenters. The minimum atomic E-state index is -0.400. The van der Waals surface area contributed by atoms with Crippen LogP contribution in [0.5, 0.6) is 11.5 Å². The van der Waals surface area contributed by atoms with Gasteiger partial charge >= 0.3 is 0 Å². The van der Waals surface area contributed by atoms with Crippen LogP contribution < -0.4 is 25.4 Å². The van der Waals surface area contributed by atoms with Crippen molar-refractivity contribution in [3.05, 3.63) is 48.0 Å². The fourth-order valence-electron chi connectivity index (χ4n) is 3.75. The summed E-state index contributed by atoms with van der Waals surface area (Å²) in [4.78, 5) is 39.3. The van der Waals surface area contributed by atoms with Crippen LogP contribution in [-0.2, 0) is 14.4 Å². The molecule has 2 aromatic carbocycles. The molecule has 0 radical (unpaired) electrons. The Morgan fingerprint density at radius 2 is 1.76 bits per heavy atom. The molecule has 2 aromatic rings. The molecule has 0 aliphatic carbocycles. The van der Waals surface area contributed by atoms with Crippen molar-refractivity contribution in [2.45, 2.75) is 25.8 Å². The van der Waals surface area contributed by atoms with E-state index in [-0.39, 0.29) is 30.8 Å². The smallest absolute Gasteiger partial charge is 0.243 e. The van der Waals surface area contributed by atoms with Crippen LogP contribution in [0.3, 0.4) is 0 Å². The zero-order chi connectivity index (χ0) is 23.8. The molecular weight excluding hydrogens is 424 g/mol. The molecule has 9 heteroatoms. The summed E-state index contributed by atoms with van der Waals surface area (Å²) in [6.45, 7) is 2.42. The predicted molar refractivity (Wildman–Crippen MR) is 126 cm³/mol. The first-order chi connectivity index (χ1) is 15.9. The van der Waals surface area contributed by atoms with Crippen LogP contribution in [0, 0.1) is 6.92 Å². The number of amides is 3. The normalized spacial score (nSPS) is 15.5. The lowest BCUT2D eigenvalue weighted by atomic mass is 10.2. The average Bonchev–Trinajstić information content (AvgIpc) is 3.26. The molecule has 1 saturated heterocycles. The highest BCUT2D eigenvalue weighted by atomic mass is 16.5. The first-order valence-electron chi connectivity index (χ1n) is 10.8. The number of rotatable bonds is 9. The van der Waals surface area contributed by atoms with Gasteiger partial charge in [-0.05, 0) is 68.3 Å². The first-order valence-corrected chi connectivity index (χ1v) is 10.8. The molecule has 3 amide bonds. The lowest BCUT2D eigenvalue weighted by Crippen LogP contribution is -2.46. The third kappa shape index (κ3) is 6.69. The number of anilines is 2.